The minimum atomic E-state index is 0.824. The summed E-state index contributed by atoms with van der Waals surface area (Å²) in [7, 11) is 0. The number of halogens is 1. The molecule has 2 bridgehead atoms. The summed E-state index contributed by atoms with van der Waals surface area (Å²) in [5.74, 6) is 0.824. The van der Waals surface area contributed by atoms with Gasteiger partial charge in [0.25, 0.3) is 0 Å². The Morgan fingerprint density at radius 3 is 3.27 bits per heavy atom. The third-order valence-electron chi connectivity index (χ3n) is 3.40. The van der Waals surface area contributed by atoms with Crippen LogP contribution < -0.4 is 10.2 Å². The van der Waals surface area contributed by atoms with Crippen molar-refractivity contribution in [1.82, 2.24) is 0 Å². The van der Waals surface area contributed by atoms with E-state index < -0.39 is 0 Å². The van der Waals surface area contributed by atoms with Gasteiger partial charge in [-0.15, -0.1) is 0 Å². The number of piperidine rings is 1. The SMILES string of the molecule is Brc1ccc2c(c1)NCC1CCCN2C1. The first-order valence-electron chi connectivity index (χ1n) is 5.61. The average molecular weight is 267 g/mol. The van der Waals surface area contributed by atoms with Gasteiger partial charge in [0.1, 0.15) is 0 Å². The van der Waals surface area contributed by atoms with E-state index in [4.69, 9.17) is 0 Å². The lowest BCUT2D eigenvalue weighted by atomic mass is 9.99. The molecular weight excluding hydrogens is 252 g/mol. The summed E-state index contributed by atoms with van der Waals surface area (Å²) in [6.07, 6.45) is 2.71. The molecular formula is C12H15BrN2. The normalized spacial score (nSPS) is 24.1. The molecule has 0 amide bonds. The van der Waals surface area contributed by atoms with E-state index in [2.05, 4.69) is 44.3 Å². The molecule has 2 nitrogen and oxygen atoms in total. The van der Waals surface area contributed by atoms with Crippen molar-refractivity contribution < 1.29 is 0 Å². The first kappa shape index (κ1) is 9.52. The van der Waals surface area contributed by atoms with Crippen molar-refractivity contribution in [3.05, 3.63) is 22.7 Å². The molecule has 2 aliphatic rings. The van der Waals surface area contributed by atoms with Crippen molar-refractivity contribution in [2.45, 2.75) is 12.8 Å². The van der Waals surface area contributed by atoms with E-state index in [1.165, 1.54) is 37.3 Å². The second-order valence-electron chi connectivity index (χ2n) is 4.50. The molecule has 3 heteroatoms. The fourth-order valence-corrected chi connectivity index (χ4v) is 2.99. The van der Waals surface area contributed by atoms with Crippen molar-refractivity contribution in [3.63, 3.8) is 0 Å². The van der Waals surface area contributed by atoms with E-state index in [1.54, 1.807) is 0 Å². The van der Waals surface area contributed by atoms with Crippen LogP contribution in [0.1, 0.15) is 12.8 Å². The summed E-state index contributed by atoms with van der Waals surface area (Å²) in [5.41, 5.74) is 2.66. The van der Waals surface area contributed by atoms with Crippen molar-refractivity contribution >= 4 is 27.3 Å². The van der Waals surface area contributed by atoms with Crippen molar-refractivity contribution in [2.24, 2.45) is 5.92 Å². The number of rotatable bonds is 0. The van der Waals surface area contributed by atoms with Crippen LogP contribution >= 0.6 is 15.9 Å². The van der Waals surface area contributed by atoms with Gasteiger partial charge < -0.3 is 10.2 Å². The topological polar surface area (TPSA) is 15.3 Å². The summed E-state index contributed by atoms with van der Waals surface area (Å²) in [6.45, 7) is 3.56. The molecule has 1 fully saturated rings. The molecule has 0 radical (unpaired) electrons. The van der Waals surface area contributed by atoms with Crippen LogP contribution in [0.2, 0.25) is 0 Å². The van der Waals surface area contributed by atoms with Crippen LogP contribution in [0.25, 0.3) is 0 Å². The largest absolute Gasteiger partial charge is 0.383 e. The first-order chi connectivity index (χ1) is 7.33. The number of anilines is 2. The Labute approximate surface area is 98.8 Å². The summed E-state index contributed by atoms with van der Waals surface area (Å²) in [6, 6.07) is 6.55. The van der Waals surface area contributed by atoms with E-state index >= 15 is 0 Å². The molecule has 1 unspecified atom stereocenters. The lowest BCUT2D eigenvalue weighted by Crippen LogP contribution is -2.35. The molecule has 0 aliphatic carbocycles. The van der Waals surface area contributed by atoms with E-state index in [-0.39, 0.29) is 0 Å². The zero-order valence-corrected chi connectivity index (χ0v) is 10.3. The average Bonchev–Trinajstić information content (AvgIpc) is 2.37. The standard InChI is InChI=1S/C12H15BrN2/c13-10-3-4-12-11(6-10)14-7-9-2-1-5-15(12)8-9/h3-4,6,9,14H,1-2,5,7-8H2. The minimum absolute atomic E-state index is 0.824. The quantitative estimate of drug-likeness (QED) is 0.777. The predicted octanol–water partition coefficient (Wildman–Crippen LogP) is 3.09. The highest BCUT2D eigenvalue weighted by atomic mass is 79.9. The van der Waals surface area contributed by atoms with Crippen molar-refractivity contribution in [3.8, 4) is 0 Å². The maximum atomic E-state index is 3.57. The van der Waals surface area contributed by atoms with E-state index in [0.717, 1.165) is 16.9 Å². The molecule has 1 aromatic rings. The lowest BCUT2D eigenvalue weighted by molar-refractivity contribution is 0.438. The van der Waals surface area contributed by atoms with Gasteiger partial charge in [0.2, 0.25) is 0 Å². The Kier molecular flexibility index (Phi) is 2.35. The van der Waals surface area contributed by atoms with Crippen LogP contribution in [0.3, 0.4) is 0 Å². The number of hydrogen-bond donors (Lipinski definition) is 1. The molecule has 2 aliphatic heterocycles. The smallest absolute Gasteiger partial charge is 0.0602 e. The number of benzene rings is 1. The Balaban J connectivity index is 2.02. The molecule has 1 N–H and O–H groups in total. The fraction of sp³-hybridized carbons (Fsp3) is 0.500. The van der Waals surface area contributed by atoms with Crippen molar-refractivity contribution in [2.75, 3.05) is 29.9 Å². The second kappa shape index (κ2) is 3.71. The van der Waals surface area contributed by atoms with Crippen molar-refractivity contribution in [1.29, 1.82) is 0 Å². The highest BCUT2D eigenvalue weighted by Gasteiger charge is 2.24. The molecule has 2 heterocycles. The van der Waals surface area contributed by atoms with Gasteiger partial charge in [-0.05, 0) is 37.0 Å². The van der Waals surface area contributed by atoms with Crippen LogP contribution in [0.4, 0.5) is 11.4 Å². The molecule has 1 atom stereocenters. The van der Waals surface area contributed by atoms with E-state index in [1.807, 2.05) is 0 Å². The molecule has 3 rings (SSSR count). The highest BCUT2D eigenvalue weighted by Crippen LogP contribution is 2.35. The van der Waals surface area contributed by atoms with Gasteiger partial charge in [0.15, 0.2) is 0 Å². The fourth-order valence-electron chi connectivity index (χ4n) is 2.63. The molecule has 1 aromatic carbocycles. The Bertz CT molecular complexity index is 378. The third-order valence-corrected chi connectivity index (χ3v) is 3.89. The molecule has 1 saturated heterocycles. The highest BCUT2D eigenvalue weighted by molar-refractivity contribution is 9.10. The Morgan fingerprint density at radius 1 is 1.40 bits per heavy atom. The van der Waals surface area contributed by atoms with Gasteiger partial charge in [-0.1, -0.05) is 15.9 Å². The summed E-state index contributed by atoms with van der Waals surface area (Å²) < 4.78 is 1.16. The molecule has 15 heavy (non-hydrogen) atoms. The van der Waals surface area contributed by atoms with Gasteiger partial charge >= 0.3 is 0 Å². The minimum Gasteiger partial charge on any atom is -0.383 e. The Morgan fingerprint density at radius 2 is 2.33 bits per heavy atom. The number of fused-ring (bicyclic) bond motifs is 4. The van der Waals surface area contributed by atoms with E-state index in [0.29, 0.717) is 0 Å². The number of nitrogens with one attached hydrogen (secondary N) is 1. The van der Waals surface area contributed by atoms with Gasteiger partial charge in [0, 0.05) is 24.1 Å². The Hall–Kier alpha value is -0.700. The zero-order valence-electron chi connectivity index (χ0n) is 8.67. The monoisotopic (exact) mass is 266 g/mol. The zero-order chi connectivity index (χ0) is 10.3. The maximum Gasteiger partial charge on any atom is 0.0602 e. The predicted molar refractivity (Wildman–Crippen MR) is 67.6 cm³/mol. The second-order valence-corrected chi connectivity index (χ2v) is 5.41. The van der Waals surface area contributed by atoms with Gasteiger partial charge in [-0.25, -0.2) is 0 Å². The summed E-state index contributed by atoms with van der Waals surface area (Å²) >= 11 is 3.53. The molecule has 0 saturated carbocycles. The third kappa shape index (κ3) is 1.73. The van der Waals surface area contributed by atoms with Crippen LogP contribution in [0, 0.1) is 5.92 Å². The van der Waals surface area contributed by atoms with Gasteiger partial charge in [-0.2, -0.15) is 0 Å². The maximum absolute atomic E-state index is 3.57. The van der Waals surface area contributed by atoms with E-state index in [9.17, 15) is 0 Å². The summed E-state index contributed by atoms with van der Waals surface area (Å²) in [4.78, 5) is 2.52. The molecule has 0 aromatic heterocycles. The summed E-state index contributed by atoms with van der Waals surface area (Å²) in [5, 5.41) is 3.57. The van der Waals surface area contributed by atoms with Gasteiger partial charge in [-0.3, -0.25) is 0 Å². The molecule has 0 spiro atoms. The van der Waals surface area contributed by atoms with Gasteiger partial charge in [0.05, 0.1) is 11.4 Å². The van der Waals surface area contributed by atoms with Crippen LogP contribution in [0.5, 0.6) is 0 Å². The van der Waals surface area contributed by atoms with Crippen LogP contribution in [-0.2, 0) is 0 Å². The number of hydrogen-bond acceptors (Lipinski definition) is 2. The molecule has 80 valence electrons. The van der Waals surface area contributed by atoms with Crippen LogP contribution in [0.15, 0.2) is 22.7 Å². The number of nitrogens with zero attached hydrogens (tertiary/aromatic N) is 1. The lowest BCUT2D eigenvalue weighted by Gasteiger charge is -2.31. The first-order valence-corrected chi connectivity index (χ1v) is 6.40. The van der Waals surface area contributed by atoms with Crippen LogP contribution in [-0.4, -0.2) is 19.6 Å².